The maximum Gasteiger partial charge on any atom is 0.277 e. The van der Waals surface area contributed by atoms with Crippen molar-refractivity contribution in [3.8, 4) is 0 Å². The summed E-state index contributed by atoms with van der Waals surface area (Å²) in [4.78, 5) is 44.4. The van der Waals surface area contributed by atoms with Crippen molar-refractivity contribution in [2.45, 2.75) is 78.1 Å². The monoisotopic (exact) mass is 584 g/mol. The minimum absolute atomic E-state index is 0.164. The van der Waals surface area contributed by atoms with Gasteiger partial charge in [0.1, 0.15) is 12.0 Å². The van der Waals surface area contributed by atoms with Gasteiger partial charge < -0.3 is 20.0 Å². The Hall–Kier alpha value is -3.94. The maximum absolute atomic E-state index is 13.0. The molecule has 1 unspecified atom stereocenters. The SMILES string of the molecule is Cc1nc(C(=O)Nc2cc(C(=O)NCCCC3CCCC(=O)C3)ccc2CCC2CCN(c3ccccc3C)CC2)co1. The average molecular weight is 585 g/mol. The van der Waals surface area contributed by atoms with E-state index in [4.69, 9.17) is 4.42 Å². The highest BCUT2D eigenvalue weighted by Gasteiger charge is 2.22. The highest BCUT2D eigenvalue weighted by molar-refractivity contribution is 6.04. The third kappa shape index (κ3) is 8.33. The Morgan fingerprint density at radius 3 is 2.56 bits per heavy atom. The largest absolute Gasteiger partial charge is 0.448 e. The Kier molecular flexibility index (Phi) is 10.3. The minimum atomic E-state index is -0.357. The van der Waals surface area contributed by atoms with Gasteiger partial charge in [-0.25, -0.2) is 4.98 Å². The van der Waals surface area contributed by atoms with Gasteiger partial charge in [0.05, 0.1) is 0 Å². The first-order chi connectivity index (χ1) is 20.9. The van der Waals surface area contributed by atoms with Gasteiger partial charge in [0.25, 0.3) is 11.8 Å². The third-order valence-electron chi connectivity index (χ3n) is 9.02. The number of hydrogen-bond acceptors (Lipinski definition) is 6. The standard InChI is InChI=1S/C35H44N4O4/c1-24-7-3-4-11-33(24)39-19-16-26(17-20-39)12-13-28-14-15-29(22-31(28)38-35(42)32-23-43-25(2)37-32)34(41)36-18-6-9-27-8-5-10-30(40)21-27/h3-4,7,11,14-15,22-23,26-27H,5-6,8-10,12-13,16-21H2,1-2H3,(H,36,41)(H,38,42). The van der Waals surface area contributed by atoms with Gasteiger partial charge in [-0.05, 0) is 99.5 Å². The number of carbonyl (C=O) groups is 3. The van der Waals surface area contributed by atoms with Crippen molar-refractivity contribution in [2.24, 2.45) is 11.8 Å². The molecule has 8 nitrogen and oxygen atoms in total. The molecule has 0 spiro atoms. The van der Waals surface area contributed by atoms with E-state index < -0.39 is 0 Å². The number of nitrogens with one attached hydrogen (secondary N) is 2. The molecule has 2 aliphatic rings. The van der Waals surface area contributed by atoms with Crippen LogP contribution in [0.15, 0.2) is 53.1 Å². The van der Waals surface area contributed by atoms with Gasteiger partial charge in [0.2, 0.25) is 0 Å². The predicted molar refractivity (Wildman–Crippen MR) is 169 cm³/mol. The molecule has 228 valence electrons. The summed E-state index contributed by atoms with van der Waals surface area (Å²) in [7, 11) is 0. The van der Waals surface area contributed by atoms with Crippen LogP contribution in [0.2, 0.25) is 0 Å². The fourth-order valence-electron chi connectivity index (χ4n) is 6.50. The number of oxazole rings is 1. The average Bonchev–Trinajstić information content (AvgIpc) is 3.45. The number of amides is 2. The second-order valence-corrected chi connectivity index (χ2v) is 12.2. The van der Waals surface area contributed by atoms with Crippen LogP contribution in [0.5, 0.6) is 0 Å². The van der Waals surface area contributed by atoms with Crippen LogP contribution in [0, 0.1) is 25.7 Å². The van der Waals surface area contributed by atoms with Crippen LogP contribution in [0.4, 0.5) is 11.4 Å². The molecule has 1 saturated carbocycles. The van der Waals surface area contributed by atoms with Crippen LogP contribution in [-0.2, 0) is 11.2 Å². The first kappa shape index (κ1) is 30.5. The fraction of sp³-hybridized carbons (Fsp3) is 0.486. The summed E-state index contributed by atoms with van der Waals surface area (Å²) >= 11 is 0. The molecule has 5 rings (SSSR count). The number of benzene rings is 2. The molecule has 3 aromatic rings. The van der Waals surface area contributed by atoms with E-state index in [1.807, 2.05) is 12.1 Å². The lowest BCUT2D eigenvalue weighted by atomic mass is 9.85. The molecular weight excluding hydrogens is 540 g/mol. The van der Waals surface area contributed by atoms with E-state index in [-0.39, 0.29) is 17.5 Å². The normalized spacial score (nSPS) is 17.6. The van der Waals surface area contributed by atoms with E-state index in [2.05, 4.69) is 51.7 Å². The predicted octanol–water partition coefficient (Wildman–Crippen LogP) is 6.66. The number of hydrogen-bond donors (Lipinski definition) is 2. The zero-order chi connectivity index (χ0) is 30.2. The molecule has 0 radical (unpaired) electrons. The minimum Gasteiger partial charge on any atom is -0.448 e. The molecule has 1 aliphatic heterocycles. The van der Waals surface area contributed by atoms with E-state index in [1.54, 1.807) is 13.0 Å². The molecule has 2 heterocycles. The Balaban J connectivity index is 1.19. The van der Waals surface area contributed by atoms with Crippen LogP contribution < -0.4 is 15.5 Å². The Labute approximate surface area is 254 Å². The lowest BCUT2D eigenvalue weighted by molar-refractivity contribution is -0.121. The fourth-order valence-corrected chi connectivity index (χ4v) is 6.50. The molecule has 0 bridgehead atoms. The smallest absolute Gasteiger partial charge is 0.277 e. The van der Waals surface area contributed by atoms with Crippen LogP contribution in [0.3, 0.4) is 0 Å². The van der Waals surface area contributed by atoms with Gasteiger partial charge in [-0.3, -0.25) is 14.4 Å². The lowest BCUT2D eigenvalue weighted by Gasteiger charge is -2.34. The first-order valence-corrected chi connectivity index (χ1v) is 15.8. The number of anilines is 2. The topological polar surface area (TPSA) is 105 Å². The van der Waals surface area contributed by atoms with Gasteiger partial charge in [0.15, 0.2) is 11.6 Å². The molecule has 2 aromatic carbocycles. The maximum atomic E-state index is 13.0. The molecule has 8 heteroatoms. The molecule has 2 amide bonds. The first-order valence-electron chi connectivity index (χ1n) is 15.8. The molecular formula is C35H44N4O4. The third-order valence-corrected chi connectivity index (χ3v) is 9.02. The zero-order valence-electron chi connectivity index (χ0n) is 25.5. The second-order valence-electron chi connectivity index (χ2n) is 12.2. The molecule has 1 aliphatic carbocycles. The van der Waals surface area contributed by atoms with Crippen LogP contribution >= 0.6 is 0 Å². The number of aromatic nitrogens is 1. The molecule has 1 aromatic heterocycles. The molecule has 1 saturated heterocycles. The Morgan fingerprint density at radius 2 is 1.81 bits per heavy atom. The lowest BCUT2D eigenvalue weighted by Crippen LogP contribution is -2.34. The Morgan fingerprint density at radius 1 is 1.00 bits per heavy atom. The van der Waals surface area contributed by atoms with Crippen molar-refractivity contribution in [1.29, 1.82) is 0 Å². The number of piperidine rings is 1. The van der Waals surface area contributed by atoms with Gasteiger partial charge in [-0.1, -0.05) is 24.3 Å². The van der Waals surface area contributed by atoms with Gasteiger partial charge >= 0.3 is 0 Å². The zero-order valence-corrected chi connectivity index (χ0v) is 25.5. The van der Waals surface area contributed by atoms with E-state index >= 15 is 0 Å². The van der Waals surface area contributed by atoms with Crippen molar-refractivity contribution >= 4 is 29.0 Å². The van der Waals surface area contributed by atoms with Gasteiger partial charge in [0, 0.05) is 56.3 Å². The van der Waals surface area contributed by atoms with Crippen LogP contribution in [0.25, 0.3) is 0 Å². The van der Waals surface area contributed by atoms with Crippen molar-refractivity contribution in [2.75, 3.05) is 29.9 Å². The van der Waals surface area contributed by atoms with E-state index in [0.29, 0.717) is 54.1 Å². The van der Waals surface area contributed by atoms with Gasteiger partial charge in [-0.15, -0.1) is 0 Å². The van der Waals surface area contributed by atoms with Crippen molar-refractivity contribution < 1.29 is 18.8 Å². The highest BCUT2D eigenvalue weighted by atomic mass is 16.3. The van der Waals surface area contributed by atoms with E-state index in [1.165, 1.54) is 17.5 Å². The summed E-state index contributed by atoms with van der Waals surface area (Å²) in [6.07, 6.45) is 10.7. The number of ketones is 1. The quantitative estimate of drug-likeness (QED) is 0.244. The molecule has 2 N–H and O–H groups in total. The number of carbonyl (C=O) groups excluding carboxylic acids is 3. The highest BCUT2D eigenvalue weighted by Crippen LogP contribution is 2.30. The number of nitrogens with zero attached hydrogens (tertiary/aromatic N) is 2. The van der Waals surface area contributed by atoms with Crippen molar-refractivity contribution in [1.82, 2.24) is 10.3 Å². The summed E-state index contributed by atoms with van der Waals surface area (Å²) in [6, 6.07) is 14.2. The number of rotatable bonds is 11. The molecule has 2 fully saturated rings. The summed E-state index contributed by atoms with van der Waals surface area (Å²) in [5.41, 5.74) is 5.00. The van der Waals surface area contributed by atoms with Gasteiger partial charge in [-0.2, -0.15) is 0 Å². The van der Waals surface area contributed by atoms with Crippen molar-refractivity contribution in [3.63, 3.8) is 0 Å². The number of aryl methyl sites for hydroxylation is 3. The Bertz CT molecular complexity index is 1420. The molecule has 43 heavy (non-hydrogen) atoms. The van der Waals surface area contributed by atoms with Crippen LogP contribution in [-0.4, -0.2) is 42.2 Å². The van der Waals surface area contributed by atoms with Crippen molar-refractivity contribution in [3.05, 3.63) is 77.0 Å². The van der Waals surface area contributed by atoms with Crippen LogP contribution in [0.1, 0.15) is 95.7 Å². The molecule has 1 atom stereocenters. The summed E-state index contributed by atoms with van der Waals surface area (Å²) in [5.74, 6) is 1.31. The second kappa shape index (κ2) is 14.5. The number of Topliss-reactive ketones (excluding diaryl/α,β-unsaturated/α-hetero) is 1. The number of para-hydroxylation sites is 1. The summed E-state index contributed by atoms with van der Waals surface area (Å²) in [5, 5.41) is 6.01. The van der Waals surface area contributed by atoms with E-state index in [9.17, 15) is 14.4 Å². The summed E-state index contributed by atoms with van der Waals surface area (Å²) < 4.78 is 5.24. The van der Waals surface area contributed by atoms with E-state index in [0.717, 1.165) is 70.0 Å². The summed E-state index contributed by atoms with van der Waals surface area (Å²) in [6.45, 7) is 6.51.